The summed E-state index contributed by atoms with van der Waals surface area (Å²) in [6, 6.07) is 18.8. The Morgan fingerprint density at radius 3 is 2.43 bits per heavy atom. The predicted molar refractivity (Wildman–Crippen MR) is 132 cm³/mol. The number of nitrogens with one attached hydrogen (secondary N) is 1. The number of rotatable bonds is 6. The monoisotopic (exact) mass is 522 g/mol. The molecule has 4 rings (SSSR count). The molecular formula is C21H23AsN2O3S3. The standard InChI is InChI=1S/C21H23AsN2O3S3/c1-24(2)20-7-3-6-19-18(20)5-4-8-21(19)30(26,27)23-16-11-9-15(10-12-16)22-28-14-17(13-25)29-22/h3-12,17,23,25H,13-14H2,1-2H3. The molecule has 0 spiro atoms. The average Bonchev–Trinajstić information content (AvgIpc) is 3.22. The third kappa shape index (κ3) is 4.48. The zero-order valence-corrected chi connectivity index (χ0v) is 21.0. The first kappa shape index (κ1) is 21.9. The zero-order valence-electron chi connectivity index (χ0n) is 16.6. The summed E-state index contributed by atoms with van der Waals surface area (Å²) < 4.78 is 30.3. The van der Waals surface area contributed by atoms with Crippen LogP contribution in [-0.2, 0) is 10.0 Å². The van der Waals surface area contributed by atoms with E-state index in [-0.39, 0.29) is 11.5 Å². The molecule has 1 saturated heterocycles. The van der Waals surface area contributed by atoms with Crippen molar-refractivity contribution in [1.82, 2.24) is 0 Å². The molecule has 30 heavy (non-hydrogen) atoms. The molecule has 0 bridgehead atoms. The van der Waals surface area contributed by atoms with E-state index in [9.17, 15) is 13.5 Å². The van der Waals surface area contributed by atoms with Crippen molar-refractivity contribution in [1.29, 1.82) is 0 Å². The molecule has 5 nitrogen and oxygen atoms in total. The molecule has 2 unspecified atom stereocenters. The topological polar surface area (TPSA) is 69.6 Å². The number of hydrogen-bond acceptors (Lipinski definition) is 6. The quantitative estimate of drug-likeness (QED) is 0.485. The SMILES string of the molecule is CN(C)c1cccc2c(S(=O)(=O)Nc3ccc([As]4SCC(CO)S4)cc3)cccc12. The van der Waals surface area contributed by atoms with Gasteiger partial charge in [0.2, 0.25) is 0 Å². The molecule has 9 heteroatoms. The van der Waals surface area contributed by atoms with Crippen LogP contribution in [0.1, 0.15) is 0 Å². The summed E-state index contributed by atoms with van der Waals surface area (Å²) in [7, 11) is 4.02. The van der Waals surface area contributed by atoms with Crippen molar-refractivity contribution in [2.24, 2.45) is 0 Å². The number of aliphatic hydroxyl groups excluding tert-OH is 1. The van der Waals surface area contributed by atoms with E-state index in [1.807, 2.05) is 87.6 Å². The van der Waals surface area contributed by atoms with Crippen LogP contribution in [-0.4, -0.2) is 57.6 Å². The van der Waals surface area contributed by atoms with E-state index in [0.29, 0.717) is 16.3 Å². The van der Waals surface area contributed by atoms with E-state index < -0.39 is 22.4 Å². The van der Waals surface area contributed by atoms with Gasteiger partial charge in [0.1, 0.15) is 0 Å². The first-order chi connectivity index (χ1) is 14.4. The first-order valence-electron chi connectivity index (χ1n) is 9.41. The van der Waals surface area contributed by atoms with E-state index in [0.717, 1.165) is 16.8 Å². The summed E-state index contributed by atoms with van der Waals surface area (Å²) >= 11 is -1.28. The van der Waals surface area contributed by atoms with Crippen LogP contribution in [0.4, 0.5) is 11.4 Å². The third-order valence-corrected chi connectivity index (χ3v) is 20.2. The number of nitrogens with zero attached hydrogens (tertiary/aromatic N) is 1. The maximum atomic E-state index is 13.2. The van der Waals surface area contributed by atoms with Gasteiger partial charge in [-0.2, -0.15) is 0 Å². The van der Waals surface area contributed by atoms with Gasteiger partial charge in [-0.1, -0.05) is 0 Å². The molecule has 0 amide bonds. The molecule has 2 atom stereocenters. The van der Waals surface area contributed by atoms with Gasteiger partial charge in [0.05, 0.1) is 0 Å². The summed E-state index contributed by atoms with van der Waals surface area (Å²) in [4.78, 5) is 2.25. The Balaban J connectivity index is 1.60. The van der Waals surface area contributed by atoms with Crippen LogP contribution in [0, 0.1) is 0 Å². The van der Waals surface area contributed by atoms with Crippen molar-refractivity contribution in [3.05, 3.63) is 60.7 Å². The van der Waals surface area contributed by atoms with Gasteiger partial charge in [0.15, 0.2) is 0 Å². The summed E-state index contributed by atoms with van der Waals surface area (Å²) in [5.74, 6) is 0.992. The van der Waals surface area contributed by atoms with E-state index in [1.165, 1.54) is 4.35 Å². The van der Waals surface area contributed by atoms with Gasteiger partial charge >= 0.3 is 189 Å². The van der Waals surface area contributed by atoms with E-state index in [1.54, 1.807) is 12.1 Å². The van der Waals surface area contributed by atoms with Crippen molar-refractivity contribution >= 4 is 68.9 Å². The van der Waals surface area contributed by atoms with Crippen molar-refractivity contribution in [3.63, 3.8) is 0 Å². The second-order valence-corrected chi connectivity index (χ2v) is 20.4. The van der Waals surface area contributed by atoms with Gasteiger partial charge in [-0.25, -0.2) is 0 Å². The van der Waals surface area contributed by atoms with Crippen LogP contribution in [0.5, 0.6) is 0 Å². The minimum absolute atomic E-state index is 0.224. The number of benzene rings is 3. The summed E-state index contributed by atoms with van der Waals surface area (Å²) in [5, 5.41) is 11.3. The predicted octanol–water partition coefficient (Wildman–Crippen LogP) is 3.24. The van der Waals surface area contributed by atoms with Crippen molar-refractivity contribution < 1.29 is 13.5 Å². The molecular weight excluding hydrogens is 499 g/mol. The molecule has 2 N–H and O–H groups in total. The first-order valence-corrected chi connectivity index (χ1v) is 18.2. The van der Waals surface area contributed by atoms with Gasteiger partial charge in [-0.3, -0.25) is 0 Å². The van der Waals surface area contributed by atoms with Crippen LogP contribution < -0.4 is 14.0 Å². The Bertz CT molecular complexity index is 1150. The van der Waals surface area contributed by atoms with Crippen molar-refractivity contribution in [2.75, 3.05) is 36.1 Å². The van der Waals surface area contributed by atoms with Crippen LogP contribution in [0.25, 0.3) is 10.8 Å². The summed E-state index contributed by atoms with van der Waals surface area (Å²) in [6.07, 6.45) is 0. The van der Waals surface area contributed by atoms with Gasteiger partial charge in [-0.15, -0.1) is 0 Å². The van der Waals surface area contributed by atoms with E-state index in [2.05, 4.69) is 4.72 Å². The summed E-state index contributed by atoms with van der Waals surface area (Å²) in [5.41, 5.74) is 1.54. The Morgan fingerprint density at radius 2 is 1.77 bits per heavy atom. The molecule has 0 aliphatic carbocycles. The van der Waals surface area contributed by atoms with Gasteiger partial charge in [0, 0.05) is 0 Å². The molecule has 0 saturated carbocycles. The fourth-order valence-corrected chi connectivity index (χ4v) is 20.0. The Kier molecular flexibility index (Phi) is 6.61. The number of aliphatic hydroxyl groups is 1. The number of hydrogen-bond donors (Lipinski definition) is 2. The molecule has 0 radical (unpaired) electrons. The average molecular weight is 523 g/mol. The molecule has 1 aliphatic rings. The minimum atomic E-state index is -3.73. The van der Waals surface area contributed by atoms with Gasteiger partial charge < -0.3 is 0 Å². The van der Waals surface area contributed by atoms with E-state index in [4.69, 9.17) is 0 Å². The Morgan fingerprint density at radius 1 is 1.07 bits per heavy atom. The number of sulfonamides is 1. The molecule has 3 aromatic rings. The summed E-state index contributed by atoms with van der Waals surface area (Å²) in [6.45, 7) is 0.224. The van der Waals surface area contributed by atoms with Gasteiger partial charge in [0.25, 0.3) is 0 Å². The zero-order chi connectivity index (χ0) is 21.3. The fraction of sp³-hybridized carbons (Fsp3) is 0.238. The maximum absolute atomic E-state index is 13.2. The van der Waals surface area contributed by atoms with E-state index >= 15 is 0 Å². The third-order valence-electron chi connectivity index (χ3n) is 4.79. The number of fused-ring (bicyclic) bond motifs is 1. The molecule has 1 fully saturated rings. The number of anilines is 2. The molecule has 1 heterocycles. The molecule has 0 aromatic heterocycles. The Labute approximate surface area is 188 Å². The molecule has 158 valence electrons. The van der Waals surface area contributed by atoms with Crippen molar-refractivity contribution in [3.8, 4) is 0 Å². The second kappa shape index (κ2) is 9.05. The normalized spacial score (nSPS) is 19.2. The second-order valence-electron chi connectivity index (χ2n) is 7.14. The molecule has 1 aliphatic heterocycles. The van der Waals surface area contributed by atoms with Crippen LogP contribution in [0.15, 0.2) is 65.6 Å². The van der Waals surface area contributed by atoms with Gasteiger partial charge in [-0.05, 0) is 0 Å². The fourth-order valence-electron chi connectivity index (χ4n) is 3.32. The van der Waals surface area contributed by atoms with Crippen LogP contribution >= 0.6 is 20.0 Å². The Hall–Kier alpha value is -1.31. The van der Waals surface area contributed by atoms with Crippen LogP contribution in [0.2, 0.25) is 0 Å². The van der Waals surface area contributed by atoms with Crippen molar-refractivity contribution in [2.45, 2.75) is 10.1 Å². The van der Waals surface area contributed by atoms with Crippen LogP contribution in [0.3, 0.4) is 0 Å². The molecule has 3 aromatic carbocycles.